The summed E-state index contributed by atoms with van der Waals surface area (Å²) in [4.78, 5) is 22.0. The number of rotatable bonds is 2. The van der Waals surface area contributed by atoms with Crippen LogP contribution >= 0.6 is 0 Å². The molecule has 0 aliphatic carbocycles. The molecule has 1 rings (SSSR count). The van der Waals surface area contributed by atoms with Gasteiger partial charge >= 0.3 is 5.97 Å². The molecule has 5 nitrogen and oxygen atoms in total. The molecular formula is C9H10N2O3. The minimum Gasteiger partial charge on any atom is -0.463 e. The number of carbonyl (C=O) groups is 2. The van der Waals surface area contributed by atoms with Crippen molar-refractivity contribution in [1.29, 1.82) is 5.26 Å². The third-order valence-corrected chi connectivity index (χ3v) is 1.76. The molecule has 1 aliphatic heterocycles. The molecule has 0 spiro atoms. The van der Waals surface area contributed by atoms with Crippen LogP contribution in [0.15, 0.2) is 11.8 Å². The van der Waals surface area contributed by atoms with Crippen LogP contribution in [0.5, 0.6) is 0 Å². The van der Waals surface area contributed by atoms with Gasteiger partial charge in [0.05, 0.1) is 12.7 Å². The van der Waals surface area contributed by atoms with E-state index >= 15 is 0 Å². The first-order chi connectivity index (χ1) is 6.67. The maximum atomic E-state index is 11.0. The number of esters is 1. The number of hydrogen-bond acceptors (Lipinski definition) is 4. The Bertz CT molecular complexity index is 327. The number of nitrogens with one attached hydrogen (secondary N) is 1. The van der Waals surface area contributed by atoms with Crippen LogP contribution < -0.4 is 5.32 Å². The molecule has 1 atom stereocenters. The van der Waals surface area contributed by atoms with Crippen molar-refractivity contribution in [3.05, 3.63) is 11.8 Å². The van der Waals surface area contributed by atoms with E-state index in [1.54, 1.807) is 6.92 Å². The van der Waals surface area contributed by atoms with Crippen LogP contribution in [0.2, 0.25) is 0 Å². The predicted octanol–water partition coefficient (Wildman–Crippen LogP) is 0.0931. The highest BCUT2D eigenvalue weighted by Gasteiger charge is 2.28. The first kappa shape index (κ1) is 10.3. The minimum atomic E-state index is -0.685. The van der Waals surface area contributed by atoms with E-state index in [4.69, 9.17) is 5.26 Å². The summed E-state index contributed by atoms with van der Waals surface area (Å²) in [5.74, 6) is -1.54. The van der Waals surface area contributed by atoms with Gasteiger partial charge in [-0.15, -0.1) is 0 Å². The molecule has 1 amide bonds. The van der Waals surface area contributed by atoms with Crippen LogP contribution in [0, 0.1) is 17.2 Å². The third kappa shape index (κ3) is 2.33. The van der Waals surface area contributed by atoms with Gasteiger partial charge in [-0.05, 0) is 6.92 Å². The Labute approximate surface area is 81.3 Å². The van der Waals surface area contributed by atoms with Crippen molar-refractivity contribution in [3.8, 4) is 6.07 Å². The molecule has 0 aromatic rings. The summed E-state index contributed by atoms with van der Waals surface area (Å²) in [5.41, 5.74) is 0.444. The Morgan fingerprint density at radius 1 is 1.86 bits per heavy atom. The summed E-state index contributed by atoms with van der Waals surface area (Å²) < 4.78 is 4.66. The number of carbonyl (C=O) groups excluding carboxylic acids is 2. The molecule has 1 unspecified atom stereocenters. The van der Waals surface area contributed by atoms with E-state index < -0.39 is 11.9 Å². The number of nitriles is 1. The van der Waals surface area contributed by atoms with Crippen molar-refractivity contribution in [2.75, 3.05) is 6.61 Å². The zero-order valence-corrected chi connectivity index (χ0v) is 7.74. The monoisotopic (exact) mass is 194 g/mol. The van der Waals surface area contributed by atoms with Gasteiger partial charge < -0.3 is 10.1 Å². The number of hydrogen-bond donors (Lipinski definition) is 1. The molecule has 1 saturated heterocycles. The molecule has 1 aliphatic rings. The second kappa shape index (κ2) is 4.42. The first-order valence-electron chi connectivity index (χ1n) is 4.25. The van der Waals surface area contributed by atoms with Crippen LogP contribution in [0.25, 0.3) is 0 Å². The van der Waals surface area contributed by atoms with E-state index in [1.807, 2.05) is 6.07 Å². The maximum absolute atomic E-state index is 11.0. The van der Waals surface area contributed by atoms with Crippen LogP contribution in [-0.2, 0) is 14.3 Å². The number of allylic oxidation sites excluding steroid dienone is 1. The first-order valence-corrected chi connectivity index (χ1v) is 4.25. The summed E-state index contributed by atoms with van der Waals surface area (Å²) >= 11 is 0. The maximum Gasteiger partial charge on any atom is 0.332 e. The van der Waals surface area contributed by atoms with Crippen molar-refractivity contribution in [3.63, 3.8) is 0 Å². The smallest absolute Gasteiger partial charge is 0.332 e. The van der Waals surface area contributed by atoms with Gasteiger partial charge in [0.15, 0.2) is 0 Å². The van der Waals surface area contributed by atoms with E-state index in [0.717, 1.165) is 0 Å². The Kier molecular flexibility index (Phi) is 3.24. The van der Waals surface area contributed by atoms with Gasteiger partial charge in [0.25, 0.3) is 0 Å². The molecule has 0 aromatic heterocycles. The zero-order chi connectivity index (χ0) is 10.6. The van der Waals surface area contributed by atoms with Crippen LogP contribution in [0.3, 0.4) is 0 Å². The van der Waals surface area contributed by atoms with Crippen LogP contribution in [0.4, 0.5) is 0 Å². The second-order valence-electron chi connectivity index (χ2n) is 2.80. The summed E-state index contributed by atoms with van der Waals surface area (Å²) in [6.45, 7) is 1.99. The molecule has 1 heterocycles. The normalized spacial score (nSPS) is 23.0. The SMILES string of the molecule is CCOC(=O)/C=C1/CC(C#N)C(=O)N1. The average molecular weight is 194 g/mol. The van der Waals surface area contributed by atoms with E-state index in [9.17, 15) is 9.59 Å². The van der Waals surface area contributed by atoms with E-state index in [1.165, 1.54) is 6.08 Å². The Balaban J connectivity index is 2.61. The number of ether oxygens (including phenoxy) is 1. The standard InChI is InChI=1S/C9H10N2O3/c1-2-14-8(12)4-7-3-6(5-10)9(13)11-7/h4,6H,2-3H2,1H3,(H,11,13)/b7-4-. The van der Waals surface area contributed by atoms with Gasteiger partial charge in [-0.2, -0.15) is 5.26 Å². The molecule has 0 aromatic carbocycles. The molecule has 0 saturated carbocycles. The molecule has 0 bridgehead atoms. The molecule has 1 fully saturated rings. The van der Waals surface area contributed by atoms with E-state index in [0.29, 0.717) is 5.70 Å². The highest BCUT2D eigenvalue weighted by molar-refractivity contribution is 5.89. The lowest BCUT2D eigenvalue weighted by Gasteiger charge is -1.97. The molecule has 1 N–H and O–H groups in total. The highest BCUT2D eigenvalue weighted by atomic mass is 16.5. The lowest BCUT2D eigenvalue weighted by molar-refractivity contribution is -0.137. The second-order valence-corrected chi connectivity index (χ2v) is 2.80. The Morgan fingerprint density at radius 2 is 2.57 bits per heavy atom. The Morgan fingerprint density at radius 3 is 3.07 bits per heavy atom. The summed E-state index contributed by atoms with van der Waals surface area (Å²) in [7, 11) is 0. The van der Waals surface area contributed by atoms with Crippen molar-refractivity contribution in [2.24, 2.45) is 5.92 Å². The molecule has 5 heteroatoms. The highest BCUT2D eigenvalue weighted by Crippen LogP contribution is 2.17. The summed E-state index contributed by atoms with van der Waals surface area (Å²) in [6, 6.07) is 1.84. The quantitative estimate of drug-likeness (QED) is 0.499. The zero-order valence-electron chi connectivity index (χ0n) is 7.74. The van der Waals surface area contributed by atoms with Crippen LogP contribution in [-0.4, -0.2) is 18.5 Å². The minimum absolute atomic E-state index is 0.258. The fourth-order valence-corrected chi connectivity index (χ4v) is 1.13. The number of amides is 1. The number of nitrogens with zero attached hydrogens (tertiary/aromatic N) is 1. The topological polar surface area (TPSA) is 79.2 Å². The van der Waals surface area contributed by atoms with Crippen molar-refractivity contribution in [2.45, 2.75) is 13.3 Å². The lowest BCUT2D eigenvalue weighted by atomic mass is 10.1. The van der Waals surface area contributed by atoms with Gasteiger partial charge in [0.1, 0.15) is 5.92 Å². The average Bonchev–Trinajstić information content (AvgIpc) is 2.46. The van der Waals surface area contributed by atoms with Crippen molar-refractivity contribution >= 4 is 11.9 Å². The predicted molar refractivity (Wildman–Crippen MR) is 46.6 cm³/mol. The molecule has 74 valence electrons. The largest absolute Gasteiger partial charge is 0.463 e. The van der Waals surface area contributed by atoms with E-state index in [2.05, 4.69) is 10.1 Å². The van der Waals surface area contributed by atoms with Crippen molar-refractivity contribution in [1.82, 2.24) is 5.32 Å². The summed E-state index contributed by atoms with van der Waals surface area (Å²) in [6.07, 6.45) is 1.47. The van der Waals surface area contributed by atoms with Crippen molar-refractivity contribution < 1.29 is 14.3 Å². The molecular weight excluding hydrogens is 184 g/mol. The van der Waals surface area contributed by atoms with Gasteiger partial charge in [0.2, 0.25) is 5.91 Å². The third-order valence-electron chi connectivity index (χ3n) is 1.76. The fraction of sp³-hybridized carbons (Fsp3) is 0.444. The van der Waals surface area contributed by atoms with Gasteiger partial charge in [-0.1, -0.05) is 0 Å². The lowest BCUT2D eigenvalue weighted by Crippen LogP contribution is -2.17. The molecule has 14 heavy (non-hydrogen) atoms. The van der Waals surface area contributed by atoms with E-state index in [-0.39, 0.29) is 18.9 Å². The summed E-state index contributed by atoms with van der Waals surface area (Å²) in [5, 5.41) is 11.0. The fourth-order valence-electron chi connectivity index (χ4n) is 1.13. The van der Waals surface area contributed by atoms with Gasteiger partial charge in [-0.3, -0.25) is 4.79 Å². The van der Waals surface area contributed by atoms with Gasteiger partial charge in [0, 0.05) is 18.2 Å². The van der Waals surface area contributed by atoms with Crippen LogP contribution in [0.1, 0.15) is 13.3 Å². The molecule has 0 radical (unpaired) electrons. The Hall–Kier alpha value is -1.83. The van der Waals surface area contributed by atoms with Gasteiger partial charge in [-0.25, -0.2) is 4.79 Å².